The third-order valence-electron chi connectivity index (χ3n) is 9.70. The third-order valence-corrected chi connectivity index (χ3v) is 13.3. The van der Waals surface area contributed by atoms with E-state index in [1.165, 1.54) is 9.78 Å². The topological polar surface area (TPSA) is 101 Å². The molecule has 0 spiro atoms. The van der Waals surface area contributed by atoms with Gasteiger partial charge in [-0.05, 0) is 68.5 Å². The lowest BCUT2D eigenvalue weighted by atomic mass is 9.64. The predicted molar refractivity (Wildman–Crippen MR) is 168 cm³/mol. The van der Waals surface area contributed by atoms with Crippen LogP contribution in [0.25, 0.3) is 0 Å². The smallest absolute Gasteiger partial charge is 0.239 e. The summed E-state index contributed by atoms with van der Waals surface area (Å²) in [5.74, 6) is -2.01. The number of ether oxygens (including phenoxy) is 5. The van der Waals surface area contributed by atoms with Crippen molar-refractivity contribution in [1.29, 1.82) is 0 Å². The zero-order valence-electron chi connectivity index (χ0n) is 25.8. The number of para-hydroxylation sites is 1. The lowest BCUT2D eigenvalue weighted by molar-refractivity contribution is -0.122. The molecule has 0 radical (unpaired) electrons. The standard InChI is InChI=1S/C33H41NO8S2/c1-21-24-18-26-27(20-42-17-15-40-13-11-38-10-12-39-14-16-41-19-25(24)22(2)43-21)33(4)29-28(32(26,3)44(33)37)30(35)34(31(29)36)23-8-6-5-7-9-23/h5-9,28-29H,10-20H2,1-4H3/t28?,29?,32?,33-,44?/m0/s1. The first kappa shape index (κ1) is 31.7. The lowest BCUT2D eigenvalue weighted by Gasteiger charge is -2.35. The summed E-state index contributed by atoms with van der Waals surface area (Å²) < 4.78 is 41.7. The Morgan fingerprint density at radius 3 is 1.75 bits per heavy atom. The van der Waals surface area contributed by atoms with Gasteiger partial charge >= 0.3 is 0 Å². The van der Waals surface area contributed by atoms with Crippen LogP contribution in [0.4, 0.5) is 5.69 Å². The summed E-state index contributed by atoms with van der Waals surface area (Å²) in [7, 11) is -1.52. The number of anilines is 1. The second-order valence-electron chi connectivity index (χ2n) is 12.0. The molecule has 2 aromatic rings. The van der Waals surface area contributed by atoms with Crippen molar-refractivity contribution in [2.24, 2.45) is 11.8 Å². The van der Waals surface area contributed by atoms with E-state index in [2.05, 4.69) is 13.8 Å². The van der Waals surface area contributed by atoms with Crippen molar-refractivity contribution >= 4 is 39.6 Å². The first-order chi connectivity index (χ1) is 21.2. The van der Waals surface area contributed by atoms with Crippen LogP contribution in [0.2, 0.25) is 0 Å². The normalized spacial score (nSPS) is 32.5. The van der Waals surface area contributed by atoms with Crippen LogP contribution in [-0.4, -0.2) is 85.0 Å². The van der Waals surface area contributed by atoms with E-state index in [1.54, 1.807) is 23.5 Å². The second-order valence-corrected chi connectivity index (χ2v) is 15.7. The minimum Gasteiger partial charge on any atom is -0.377 e. The summed E-state index contributed by atoms with van der Waals surface area (Å²) >= 11 is 1.72. The number of rotatable bonds is 1. The average Bonchev–Trinajstić information content (AvgIpc) is 3.56. The molecule has 5 atom stereocenters. The van der Waals surface area contributed by atoms with E-state index in [9.17, 15) is 13.8 Å². The molecule has 2 bridgehead atoms. The average molecular weight is 644 g/mol. The highest BCUT2D eigenvalue weighted by Gasteiger charge is 2.78. The van der Waals surface area contributed by atoms with Gasteiger partial charge in [0.25, 0.3) is 0 Å². The fourth-order valence-corrected chi connectivity index (χ4v) is 11.2. The highest BCUT2D eigenvalue weighted by atomic mass is 32.2. The summed E-state index contributed by atoms with van der Waals surface area (Å²) in [4.78, 5) is 31.9. The number of fused-ring (bicyclic) bond motifs is 8. The minimum atomic E-state index is -1.52. The number of hydrogen-bond acceptors (Lipinski definition) is 9. The number of carbonyl (C=O) groups is 2. The van der Waals surface area contributed by atoms with Gasteiger partial charge in [-0.15, -0.1) is 11.3 Å². The molecule has 0 N–H and O–H groups in total. The number of amides is 2. The highest BCUT2D eigenvalue weighted by molar-refractivity contribution is 7.89. The van der Waals surface area contributed by atoms with E-state index < -0.39 is 32.1 Å². The molecule has 6 rings (SSSR count). The van der Waals surface area contributed by atoms with Gasteiger partial charge in [-0.2, -0.15) is 0 Å². The Kier molecular flexibility index (Phi) is 9.27. The van der Waals surface area contributed by atoms with Crippen LogP contribution in [0.3, 0.4) is 0 Å². The SMILES string of the molecule is Cc1sc(C)c2c1COCCOCCOCCOCCOCC1=C(C2)C2(C)C3C(=O)N(c4ccccc4)C(=O)C3[C@@]1(C)S2=O. The number of benzene rings is 1. The van der Waals surface area contributed by atoms with Gasteiger partial charge in [-0.3, -0.25) is 13.8 Å². The van der Waals surface area contributed by atoms with E-state index in [4.69, 9.17) is 23.7 Å². The Balaban J connectivity index is 1.39. The van der Waals surface area contributed by atoms with Gasteiger partial charge in [0.05, 0.1) is 93.1 Å². The van der Waals surface area contributed by atoms with Crippen molar-refractivity contribution in [3.63, 3.8) is 0 Å². The molecule has 11 heteroatoms. The number of carbonyl (C=O) groups excluding carboxylic acids is 2. The zero-order chi connectivity index (χ0) is 31.1. The van der Waals surface area contributed by atoms with Gasteiger partial charge in [0.2, 0.25) is 11.8 Å². The molecule has 1 aromatic carbocycles. The summed E-state index contributed by atoms with van der Waals surface area (Å²) in [6.45, 7) is 12.2. The first-order valence-electron chi connectivity index (χ1n) is 15.3. The number of aryl methyl sites for hydroxylation is 2. The molecule has 9 nitrogen and oxygen atoms in total. The quantitative estimate of drug-likeness (QED) is 0.341. The van der Waals surface area contributed by atoms with Gasteiger partial charge in [0.1, 0.15) is 0 Å². The van der Waals surface area contributed by atoms with E-state index in [-0.39, 0.29) is 18.4 Å². The largest absolute Gasteiger partial charge is 0.377 e. The van der Waals surface area contributed by atoms with Crippen LogP contribution in [0, 0.1) is 25.7 Å². The van der Waals surface area contributed by atoms with Crippen LogP contribution >= 0.6 is 11.3 Å². The van der Waals surface area contributed by atoms with E-state index in [0.717, 1.165) is 27.2 Å². The molecular weight excluding hydrogens is 602 g/mol. The second kappa shape index (κ2) is 12.9. The van der Waals surface area contributed by atoms with E-state index >= 15 is 0 Å². The molecular formula is C33H41NO8S2. The minimum absolute atomic E-state index is 0.217. The third kappa shape index (κ3) is 5.14. The van der Waals surface area contributed by atoms with Crippen molar-refractivity contribution in [3.8, 4) is 0 Å². The molecule has 2 fully saturated rings. The Hall–Kier alpha value is -2.25. The number of imide groups is 1. The van der Waals surface area contributed by atoms with Crippen LogP contribution < -0.4 is 4.90 Å². The monoisotopic (exact) mass is 643 g/mol. The van der Waals surface area contributed by atoms with Crippen LogP contribution in [0.1, 0.15) is 34.7 Å². The summed E-state index contributed by atoms with van der Waals surface area (Å²) in [6.07, 6.45) is 0.520. The van der Waals surface area contributed by atoms with Crippen molar-refractivity contribution in [3.05, 3.63) is 62.4 Å². The van der Waals surface area contributed by atoms with Gasteiger partial charge in [0, 0.05) is 20.6 Å². The number of hydrogen-bond donors (Lipinski definition) is 0. The zero-order valence-corrected chi connectivity index (χ0v) is 27.5. The lowest BCUT2D eigenvalue weighted by Crippen LogP contribution is -2.44. The Morgan fingerprint density at radius 2 is 1.18 bits per heavy atom. The van der Waals surface area contributed by atoms with Crippen LogP contribution in [0.15, 0.2) is 41.5 Å². The van der Waals surface area contributed by atoms with Crippen molar-refractivity contribution < 1.29 is 37.5 Å². The number of nitrogens with zero attached hydrogens (tertiary/aromatic N) is 1. The molecule has 5 heterocycles. The Labute approximate surface area is 265 Å². The predicted octanol–water partition coefficient (Wildman–Crippen LogP) is 3.90. The molecule has 0 saturated carbocycles. The van der Waals surface area contributed by atoms with Gasteiger partial charge in [0.15, 0.2) is 0 Å². The maximum absolute atomic E-state index is 14.6. The first-order valence-corrected chi connectivity index (χ1v) is 17.2. The Morgan fingerprint density at radius 1 is 0.705 bits per heavy atom. The maximum atomic E-state index is 14.6. The summed E-state index contributed by atoms with van der Waals surface area (Å²) in [6, 6.07) is 9.05. The maximum Gasteiger partial charge on any atom is 0.239 e. The van der Waals surface area contributed by atoms with Gasteiger partial charge in [-0.1, -0.05) is 18.2 Å². The summed E-state index contributed by atoms with van der Waals surface area (Å²) in [5, 5.41) is 0. The molecule has 2 amide bonds. The fourth-order valence-electron chi connectivity index (χ4n) is 7.49. The molecule has 238 valence electrons. The number of thiophene rings is 1. The molecule has 0 aliphatic carbocycles. The van der Waals surface area contributed by atoms with Gasteiger partial charge in [-0.25, -0.2) is 4.90 Å². The van der Waals surface area contributed by atoms with Crippen molar-refractivity contribution in [1.82, 2.24) is 0 Å². The molecule has 44 heavy (non-hydrogen) atoms. The Bertz CT molecular complexity index is 1470. The van der Waals surface area contributed by atoms with Crippen LogP contribution in [-0.2, 0) is 57.1 Å². The molecule has 2 saturated heterocycles. The van der Waals surface area contributed by atoms with Crippen molar-refractivity contribution in [2.75, 3.05) is 64.4 Å². The molecule has 4 aliphatic heterocycles. The van der Waals surface area contributed by atoms with E-state index in [1.807, 2.05) is 32.0 Å². The van der Waals surface area contributed by atoms with Crippen LogP contribution in [0.5, 0.6) is 0 Å². The molecule has 4 unspecified atom stereocenters. The summed E-state index contributed by atoms with van der Waals surface area (Å²) in [5.41, 5.74) is 4.62. The molecule has 4 aliphatic rings. The highest BCUT2D eigenvalue weighted by Crippen LogP contribution is 2.66. The van der Waals surface area contributed by atoms with Gasteiger partial charge < -0.3 is 23.7 Å². The van der Waals surface area contributed by atoms with E-state index in [0.29, 0.717) is 71.6 Å². The van der Waals surface area contributed by atoms with Crippen molar-refractivity contribution in [2.45, 2.75) is 50.2 Å². The fraction of sp³-hybridized carbons (Fsp3) is 0.576. The molecule has 1 aromatic heterocycles.